The number of fused-ring (bicyclic) bond motifs is 21. The molecule has 1 aromatic heterocycles. The van der Waals surface area contributed by atoms with Gasteiger partial charge in [-0.3, -0.25) is 0 Å². The van der Waals surface area contributed by atoms with Gasteiger partial charge in [-0.2, -0.15) is 0 Å². The molecule has 0 bridgehead atoms. The molecule has 0 saturated heterocycles. The summed E-state index contributed by atoms with van der Waals surface area (Å²) in [4.78, 5) is 18.3. The lowest BCUT2D eigenvalue weighted by Gasteiger charge is -2.49. The third kappa shape index (κ3) is 4.09. The van der Waals surface area contributed by atoms with Gasteiger partial charge in [-0.25, -0.2) is 4.79 Å². The number of hydrogen-bond acceptors (Lipinski definition) is 2. The highest BCUT2D eigenvalue weighted by molar-refractivity contribution is 6.17. The molecule has 0 atom stereocenters. The summed E-state index contributed by atoms with van der Waals surface area (Å²) in [7, 11) is 0. The fraction of sp³-hybridized carbons (Fsp3) is 0.0536. The predicted octanol–water partition coefficient (Wildman–Crippen LogP) is 12.9. The number of aromatic amines is 1. The Morgan fingerprint density at radius 3 is 1.59 bits per heavy atom. The first-order valence-electron chi connectivity index (χ1n) is 20.4. The molecule has 2 spiro atoms. The molecular formula is C56H35NO2. The van der Waals surface area contributed by atoms with Crippen LogP contribution in [-0.2, 0) is 22.2 Å². The van der Waals surface area contributed by atoms with Crippen molar-refractivity contribution in [2.75, 3.05) is 0 Å². The number of ether oxygens (including phenoxy) is 1. The van der Waals surface area contributed by atoms with Crippen LogP contribution in [0.15, 0.2) is 194 Å². The highest BCUT2D eigenvalue weighted by atomic mass is 16.5. The van der Waals surface area contributed by atoms with E-state index in [1.807, 2.05) is 36.4 Å². The van der Waals surface area contributed by atoms with Crippen LogP contribution < -0.4 is 0 Å². The maximum absolute atomic E-state index is 14.3. The molecule has 3 nitrogen and oxygen atoms in total. The van der Waals surface area contributed by atoms with E-state index in [4.69, 9.17) is 4.74 Å². The van der Waals surface area contributed by atoms with Crippen molar-refractivity contribution in [1.29, 1.82) is 0 Å². The lowest BCUT2D eigenvalue weighted by Crippen LogP contribution is -2.44. The average Bonchev–Trinajstić information content (AvgIpc) is 3.92. The van der Waals surface area contributed by atoms with Gasteiger partial charge in [-0.15, -0.1) is 0 Å². The highest BCUT2D eigenvalue weighted by Gasteiger charge is 2.59. The minimum atomic E-state index is -0.751. The fourth-order valence-corrected chi connectivity index (χ4v) is 11.3. The Morgan fingerprint density at radius 2 is 0.949 bits per heavy atom. The summed E-state index contributed by atoms with van der Waals surface area (Å²) in [6.07, 6.45) is 0. The number of aromatic nitrogens is 1. The summed E-state index contributed by atoms with van der Waals surface area (Å²) in [6, 6.07) is 70.1. The SMILES string of the molecule is O=C(OCc1ccccc1)c1ccc2c(c1)C1(c3ccccc3-c3ccccc31)c1cc3[nH]c4c5ccccc5ccc4c3cc1C21c2ccccc2-c2ccccc21. The minimum absolute atomic E-state index is 0.203. The Balaban J connectivity index is 1.20. The van der Waals surface area contributed by atoms with E-state index in [2.05, 4.69) is 163 Å². The summed E-state index contributed by atoms with van der Waals surface area (Å²) in [6.45, 7) is 0.203. The van der Waals surface area contributed by atoms with Gasteiger partial charge in [0.15, 0.2) is 0 Å². The topological polar surface area (TPSA) is 42.1 Å². The van der Waals surface area contributed by atoms with Crippen LogP contribution in [0.3, 0.4) is 0 Å². The van der Waals surface area contributed by atoms with Gasteiger partial charge in [0.2, 0.25) is 0 Å². The van der Waals surface area contributed by atoms with Crippen molar-refractivity contribution in [2.45, 2.75) is 17.4 Å². The van der Waals surface area contributed by atoms with Crippen molar-refractivity contribution in [3.8, 4) is 22.3 Å². The quantitative estimate of drug-likeness (QED) is 0.183. The van der Waals surface area contributed by atoms with Crippen LogP contribution >= 0.6 is 0 Å². The Labute approximate surface area is 341 Å². The van der Waals surface area contributed by atoms with Gasteiger partial charge in [0, 0.05) is 21.7 Å². The van der Waals surface area contributed by atoms with E-state index < -0.39 is 10.8 Å². The van der Waals surface area contributed by atoms with Crippen LogP contribution in [0.2, 0.25) is 0 Å². The second kappa shape index (κ2) is 11.8. The van der Waals surface area contributed by atoms with Gasteiger partial charge in [0.1, 0.15) is 6.61 Å². The smallest absolute Gasteiger partial charge is 0.338 e. The number of benzene rings is 9. The zero-order valence-electron chi connectivity index (χ0n) is 32.0. The van der Waals surface area contributed by atoms with Gasteiger partial charge in [-0.1, -0.05) is 170 Å². The zero-order valence-corrected chi connectivity index (χ0v) is 32.0. The summed E-state index contributed by atoms with van der Waals surface area (Å²) in [5.74, 6) is -0.337. The molecular weight excluding hydrogens is 719 g/mol. The third-order valence-corrected chi connectivity index (χ3v) is 13.6. The number of nitrogens with one attached hydrogen (secondary N) is 1. The number of carbonyl (C=O) groups is 1. The van der Waals surface area contributed by atoms with Crippen molar-refractivity contribution in [2.24, 2.45) is 0 Å². The van der Waals surface area contributed by atoms with E-state index in [9.17, 15) is 4.79 Å². The molecule has 13 rings (SSSR count). The minimum Gasteiger partial charge on any atom is -0.457 e. The molecule has 3 aliphatic rings. The molecule has 9 aromatic carbocycles. The Kier molecular flexibility index (Phi) is 6.51. The molecule has 0 radical (unpaired) electrons. The van der Waals surface area contributed by atoms with Crippen molar-refractivity contribution in [3.05, 3.63) is 250 Å². The first kappa shape index (κ1) is 32.6. The second-order valence-electron chi connectivity index (χ2n) is 16.3. The Bertz CT molecular complexity index is 3340. The third-order valence-electron chi connectivity index (χ3n) is 13.6. The van der Waals surface area contributed by atoms with Crippen molar-refractivity contribution in [1.82, 2.24) is 4.98 Å². The molecule has 10 aromatic rings. The molecule has 0 unspecified atom stereocenters. The standard InChI is InChI=1S/C56H35NO2/c58-54(59-33-34-14-2-1-3-15-34)36-27-29-48-49(30-36)56(46-24-12-8-20-40(46)41-21-9-13-25-47(41)56)51-32-52-43(42-28-26-35-16-4-5-17-37(35)53(42)57-52)31-50(51)55(48)44-22-10-6-18-38(44)39-19-7-11-23-45(39)55/h1-32,57H,33H2. The largest absolute Gasteiger partial charge is 0.457 e. The van der Waals surface area contributed by atoms with Crippen LogP contribution in [0, 0.1) is 0 Å². The van der Waals surface area contributed by atoms with Crippen molar-refractivity contribution >= 4 is 38.5 Å². The summed E-state index contributed by atoms with van der Waals surface area (Å²) in [5, 5.41) is 4.82. The maximum atomic E-state index is 14.3. The van der Waals surface area contributed by atoms with Crippen LogP contribution in [0.25, 0.3) is 54.8 Å². The van der Waals surface area contributed by atoms with E-state index in [1.54, 1.807) is 0 Å². The van der Waals surface area contributed by atoms with E-state index in [0.29, 0.717) is 5.56 Å². The van der Waals surface area contributed by atoms with Gasteiger partial charge in [0.05, 0.1) is 21.9 Å². The van der Waals surface area contributed by atoms with Gasteiger partial charge in [-0.05, 0) is 102 Å². The lowest BCUT2D eigenvalue weighted by molar-refractivity contribution is 0.0472. The van der Waals surface area contributed by atoms with E-state index in [1.165, 1.54) is 82.7 Å². The predicted molar refractivity (Wildman–Crippen MR) is 237 cm³/mol. The number of hydrogen-bond donors (Lipinski definition) is 1. The molecule has 0 amide bonds. The summed E-state index contributed by atoms with van der Waals surface area (Å²) >= 11 is 0. The number of H-pyrrole nitrogens is 1. The fourth-order valence-electron chi connectivity index (χ4n) is 11.3. The number of rotatable bonds is 3. The second-order valence-corrected chi connectivity index (χ2v) is 16.3. The van der Waals surface area contributed by atoms with E-state index >= 15 is 0 Å². The first-order valence-corrected chi connectivity index (χ1v) is 20.4. The highest BCUT2D eigenvalue weighted by Crippen LogP contribution is 2.68. The van der Waals surface area contributed by atoms with Crippen LogP contribution in [0.5, 0.6) is 0 Å². The van der Waals surface area contributed by atoms with E-state index in [-0.39, 0.29) is 12.6 Å². The molecule has 3 aliphatic carbocycles. The first-order chi connectivity index (χ1) is 29.2. The average molecular weight is 754 g/mol. The number of esters is 1. The van der Waals surface area contributed by atoms with Crippen LogP contribution in [0.4, 0.5) is 0 Å². The van der Waals surface area contributed by atoms with E-state index in [0.717, 1.165) is 22.2 Å². The molecule has 1 N–H and O–H groups in total. The maximum Gasteiger partial charge on any atom is 0.338 e. The Hall–Kier alpha value is -7.49. The summed E-state index contributed by atoms with van der Waals surface area (Å²) in [5.41, 5.74) is 16.9. The van der Waals surface area contributed by atoms with Gasteiger partial charge >= 0.3 is 5.97 Å². The lowest BCUT2D eigenvalue weighted by atomic mass is 9.52. The van der Waals surface area contributed by atoms with Gasteiger partial charge in [0.25, 0.3) is 0 Å². The molecule has 0 saturated carbocycles. The molecule has 3 heteroatoms. The zero-order chi connectivity index (χ0) is 38.9. The van der Waals surface area contributed by atoms with Gasteiger partial charge < -0.3 is 9.72 Å². The van der Waals surface area contributed by atoms with Crippen molar-refractivity contribution < 1.29 is 9.53 Å². The molecule has 59 heavy (non-hydrogen) atoms. The molecule has 1 heterocycles. The molecule has 0 aliphatic heterocycles. The normalized spacial score (nSPS) is 14.5. The number of carbonyl (C=O) groups excluding carboxylic acids is 1. The van der Waals surface area contributed by atoms with Crippen molar-refractivity contribution in [3.63, 3.8) is 0 Å². The Morgan fingerprint density at radius 1 is 0.424 bits per heavy atom. The monoisotopic (exact) mass is 753 g/mol. The molecule has 0 fully saturated rings. The molecule has 276 valence electrons. The summed E-state index contributed by atoms with van der Waals surface area (Å²) < 4.78 is 6.08. The van der Waals surface area contributed by atoms with Crippen LogP contribution in [-0.4, -0.2) is 11.0 Å². The van der Waals surface area contributed by atoms with Crippen LogP contribution in [0.1, 0.15) is 60.4 Å².